The van der Waals surface area contributed by atoms with Crippen LogP contribution in [0.4, 0.5) is 5.69 Å². The number of amidine groups is 1. The van der Waals surface area contributed by atoms with E-state index in [0.717, 1.165) is 37.6 Å². The van der Waals surface area contributed by atoms with Crippen LogP contribution in [0.5, 0.6) is 0 Å². The zero-order valence-electron chi connectivity index (χ0n) is 15.6. The second-order valence-corrected chi connectivity index (χ2v) is 7.10. The molecule has 28 heavy (non-hydrogen) atoms. The number of rotatable bonds is 6. The Kier molecular flexibility index (Phi) is 6.51. The Morgan fingerprint density at radius 2 is 2.04 bits per heavy atom. The first kappa shape index (κ1) is 20.1. The fourth-order valence-corrected chi connectivity index (χ4v) is 3.93. The molecule has 0 spiro atoms. The lowest BCUT2D eigenvalue weighted by atomic mass is 9.98. The molecule has 0 aromatic heterocycles. The molecule has 1 saturated carbocycles. The summed E-state index contributed by atoms with van der Waals surface area (Å²) >= 11 is 5.95. The molecule has 1 aliphatic heterocycles. The van der Waals surface area contributed by atoms with Crippen LogP contribution in [0.25, 0.3) is 0 Å². The number of carbonyl (C=O) groups is 1. The fourth-order valence-electron chi connectivity index (χ4n) is 3.78. The average molecular weight is 406 g/mol. The third kappa shape index (κ3) is 4.44. The maximum atomic E-state index is 11.7. The molecule has 0 radical (unpaired) electrons. The van der Waals surface area contributed by atoms with Crippen LogP contribution in [-0.4, -0.2) is 47.8 Å². The average Bonchev–Trinajstić information content (AvgIpc) is 3.22. The van der Waals surface area contributed by atoms with Gasteiger partial charge in [-0.25, -0.2) is 9.98 Å². The quantitative estimate of drug-likeness (QED) is 0.313. The van der Waals surface area contributed by atoms with Crippen LogP contribution in [0.15, 0.2) is 34.3 Å². The summed E-state index contributed by atoms with van der Waals surface area (Å²) in [5.41, 5.74) is 1.37. The van der Waals surface area contributed by atoms with E-state index in [2.05, 4.69) is 14.9 Å². The second kappa shape index (κ2) is 9.05. The van der Waals surface area contributed by atoms with Crippen LogP contribution < -0.4 is 4.90 Å². The van der Waals surface area contributed by atoms with Crippen molar-refractivity contribution in [3.8, 4) is 0 Å². The molecule has 0 N–H and O–H groups in total. The Labute approximate surface area is 168 Å². The van der Waals surface area contributed by atoms with Gasteiger partial charge >= 0.3 is 5.97 Å². The topological polar surface area (TPSA) is 103 Å². The van der Waals surface area contributed by atoms with Gasteiger partial charge in [0, 0.05) is 23.8 Å². The molecule has 1 aromatic carbocycles. The zero-order valence-corrected chi connectivity index (χ0v) is 16.3. The van der Waals surface area contributed by atoms with E-state index in [-0.39, 0.29) is 29.4 Å². The lowest BCUT2D eigenvalue weighted by Crippen LogP contribution is -2.37. The molecule has 8 nitrogen and oxygen atoms in total. The van der Waals surface area contributed by atoms with Crippen molar-refractivity contribution in [1.29, 1.82) is 0 Å². The van der Waals surface area contributed by atoms with Crippen molar-refractivity contribution < 1.29 is 14.4 Å². The number of carbonyl (C=O) groups excluding carboxylic acids is 1. The Bertz CT molecular complexity index is 814. The Morgan fingerprint density at radius 3 is 2.71 bits per heavy atom. The standard InChI is InChI=1S/C19H22ClN4O4/c1-28-17(25)10-11-23(13-6-2-3-7-13)15-9-5-4-8-14(15)18-16(24(26)27)12-21-19(20)22-18/h4-5,8-9,12-13,18H,2-3,6-7,10-11H2,1H3/q-1. The SMILES string of the molecule is COC(=O)CCN(c1ccccc1C1N=C(Cl)N=CC1=[N+]([O-])[O-])C1CCCC1. The van der Waals surface area contributed by atoms with Crippen LogP contribution >= 0.6 is 11.6 Å². The zero-order chi connectivity index (χ0) is 20.1. The van der Waals surface area contributed by atoms with Crippen molar-refractivity contribution in [3.05, 3.63) is 40.2 Å². The van der Waals surface area contributed by atoms with Crippen molar-refractivity contribution in [2.75, 3.05) is 18.6 Å². The van der Waals surface area contributed by atoms with Crippen LogP contribution in [0.2, 0.25) is 0 Å². The number of esters is 1. The predicted octanol–water partition coefficient (Wildman–Crippen LogP) is 3.17. The van der Waals surface area contributed by atoms with Gasteiger partial charge in [0.15, 0.2) is 6.04 Å². The minimum absolute atomic E-state index is 0.0209. The summed E-state index contributed by atoms with van der Waals surface area (Å²) in [6.45, 7) is 0.473. The lowest BCUT2D eigenvalue weighted by Gasteiger charge is -2.33. The summed E-state index contributed by atoms with van der Waals surface area (Å²) in [6, 6.07) is 6.85. The van der Waals surface area contributed by atoms with Crippen molar-refractivity contribution in [3.63, 3.8) is 0 Å². The van der Waals surface area contributed by atoms with Crippen molar-refractivity contribution in [2.24, 2.45) is 9.98 Å². The predicted molar refractivity (Wildman–Crippen MR) is 109 cm³/mol. The number of benzene rings is 1. The van der Waals surface area contributed by atoms with E-state index in [0.29, 0.717) is 12.1 Å². The first-order valence-corrected chi connectivity index (χ1v) is 9.60. The maximum Gasteiger partial charge on any atom is 0.307 e. The Morgan fingerprint density at radius 1 is 1.32 bits per heavy atom. The number of hydrogen-bond acceptors (Lipinski definition) is 7. The van der Waals surface area contributed by atoms with Gasteiger partial charge in [0.2, 0.25) is 11.0 Å². The molecule has 1 aromatic rings. The smallest absolute Gasteiger partial charge is 0.307 e. The fraction of sp³-hybridized carbons (Fsp3) is 0.474. The van der Waals surface area contributed by atoms with E-state index in [4.69, 9.17) is 16.3 Å². The maximum absolute atomic E-state index is 11.7. The van der Waals surface area contributed by atoms with E-state index in [1.54, 1.807) is 0 Å². The highest BCUT2D eigenvalue weighted by molar-refractivity contribution is 6.66. The Hall–Kier alpha value is -2.61. The van der Waals surface area contributed by atoms with Crippen molar-refractivity contribution >= 4 is 40.5 Å². The van der Waals surface area contributed by atoms with Crippen LogP contribution in [0.3, 0.4) is 0 Å². The second-order valence-electron chi connectivity index (χ2n) is 6.76. The highest BCUT2D eigenvalue weighted by atomic mass is 35.5. The highest BCUT2D eigenvalue weighted by Gasteiger charge is 2.32. The first-order valence-electron chi connectivity index (χ1n) is 9.22. The van der Waals surface area contributed by atoms with Gasteiger partial charge in [-0.1, -0.05) is 31.0 Å². The van der Waals surface area contributed by atoms with Gasteiger partial charge in [-0.2, -0.15) is 4.90 Å². The molecule has 1 heterocycles. The van der Waals surface area contributed by atoms with E-state index in [1.807, 2.05) is 24.3 Å². The third-order valence-electron chi connectivity index (χ3n) is 5.12. The highest BCUT2D eigenvalue weighted by Crippen LogP contribution is 2.35. The van der Waals surface area contributed by atoms with Crippen LogP contribution in [0.1, 0.15) is 43.7 Å². The first-order chi connectivity index (χ1) is 13.5. The van der Waals surface area contributed by atoms with Gasteiger partial charge < -0.3 is 20.1 Å². The molecule has 1 aliphatic carbocycles. The molecule has 3 rings (SSSR count). The van der Waals surface area contributed by atoms with E-state index in [9.17, 15) is 15.2 Å². The minimum Gasteiger partial charge on any atom is -0.612 e. The normalized spacial score (nSPS) is 19.4. The van der Waals surface area contributed by atoms with Crippen molar-refractivity contribution in [1.82, 2.24) is 0 Å². The molecule has 2 aliphatic rings. The molecular formula is C19H22ClN4O4-. The molecule has 0 amide bonds. The van der Waals surface area contributed by atoms with Gasteiger partial charge in [0.1, 0.15) is 6.21 Å². The van der Waals surface area contributed by atoms with Gasteiger partial charge in [-0.15, -0.1) is 0 Å². The van der Waals surface area contributed by atoms with E-state index in [1.165, 1.54) is 7.11 Å². The molecule has 1 fully saturated rings. The largest absolute Gasteiger partial charge is 0.612 e. The lowest BCUT2D eigenvalue weighted by molar-refractivity contribution is -0.378. The molecule has 1 atom stereocenters. The van der Waals surface area contributed by atoms with Gasteiger partial charge in [-0.05, 0) is 30.5 Å². The molecule has 150 valence electrons. The van der Waals surface area contributed by atoms with Gasteiger partial charge in [0.05, 0.1) is 13.5 Å². The monoisotopic (exact) mass is 405 g/mol. The number of para-hydroxylation sites is 1. The number of aliphatic imine (C=N–C) groups is 2. The number of halogens is 1. The summed E-state index contributed by atoms with van der Waals surface area (Å²) in [5.74, 6) is -0.288. The van der Waals surface area contributed by atoms with Gasteiger partial charge in [-0.3, -0.25) is 4.79 Å². The van der Waals surface area contributed by atoms with Crippen LogP contribution in [0, 0.1) is 10.4 Å². The van der Waals surface area contributed by atoms with Gasteiger partial charge in [0.25, 0.3) is 0 Å². The van der Waals surface area contributed by atoms with E-state index < -0.39 is 10.9 Å². The Balaban J connectivity index is 2.01. The molecular weight excluding hydrogens is 384 g/mol. The summed E-state index contributed by atoms with van der Waals surface area (Å²) in [7, 11) is 1.37. The number of anilines is 1. The number of nitrogens with zero attached hydrogens (tertiary/aromatic N) is 4. The number of hydrogen-bond donors (Lipinski definition) is 0. The number of ether oxygens (including phenoxy) is 1. The number of methoxy groups -OCH3 is 1. The molecule has 0 saturated heterocycles. The minimum atomic E-state index is -0.849. The summed E-state index contributed by atoms with van der Waals surface area (Å²) in [5, 5.41) is 23.0. The summed E-state index contributed by atoms with van der Waals surface area (Å²) in [4.78, 5) is 21.4. The summed E-state index contributed by atoms with van der Waals surface area (Å²) in [6.07, 6.45) is 5.66. The van der Waals surface area contributed by atoms with Crippen LogP contribution in [-0.2, 0) is 9.53 Å². The van der Waals surface area contributed by atoms with Crippen molar-refractivity contribution in [2.45, 2.75) is 44.2 Å². The third-order valence-corrected chi connectivity index (χ3v) is 5.32. The molecule has 0 bridgehead atoms. The molecule has 1 unspecified atom stereocenters. The van der Waals surface area contributed by atoms with E-state index >= 15 is 0 Å². The molecule has 9 heteroatoms. The summed E-state index contributed by atoms with van der Waals surface area (Å²) < 4.78 is 4.79.